The van der Waals surface area contributed by atoms with Crippen LogP contribution in [0.25, 0.3) is 0 Å². The fourth-order valence-corrected chi connectivity index (χ4v) is 2.51. The third kappa shape index (κ3) is 3.31. The van der Waals surface area contributed by atoms with Gasteiger partial charge in [-0.05, 0) is 18.6 Å². The molecule has 0 atom stereocenters. The molecule has 2 rings (SSSR count). The molecule has 1 N–H and O–H groups in total. The van der Waals surface area contributed by atoms with Gasteiger partial charge >= 0.3 is 0 Å². The summed E-state index contributed by atoms with van der Waals surface area (Å²) in [5.41, 5.74) is 2.72. The van der Waals surface area contributed by atoms with Crippen LogP contribution >= 0.6 is 11.3 Å². The highest BCUT2D eigenvalue weighted by Crippen LogP contribution is 2.18. The number of aryl methyl sites for hydroxylation is 1. The van der Waals surface area contributed by atoms with Crippen molar-refractivity contribution in [2.45, 2.75) is 13.5 Å². The normalized spacial score (nSPS) is 10.9. The van der Waals surface area contributed by atoms with E-state index >= 15 is 0 Å². The number of hydrogen-bond donors (Lipinski definition) is 1. The number of carbonyl (C=O) groups is 1. The lowest BCUT2D eigenvalue weighted by Gasteiger charge is -2.16. The van der Waals surface area contributed by atoms with Crippen molar-refractivity contribution in [3.63, 3.8) is 0 Å². The number of aliphatic hydroxyl groups is 1. The third-order valence-corrected chi connectivity index (χ3v) is 3.78. The van der Waals surface area contributed by atoms with Crippen molar-refractivity contribution in [1.29, 1.82) is 0 Å². The van der Waals surface area contributed by atoms with E-state index in [2.05, 4.69) is 4.98 Å². The van der Waals surface area contributed by atoms with Crippen LogP contribution in [0.1, 0.15) is 21.1 Å². The molecule has 4 nitrogen and oxygen atoms in total. The maximum Gasteiger partial charge on any atom is 0.215 e. The standard InChI is InChI=1S/C15H16N2O2S/c1-11-5-3-4-6-13(11)17(2)8-7-14(19)15-16-12(9-18)10-20-15/h3-8,10,18H,9H2,1-2H3. The van der Waals surface area contributed by atoms with E-state index in [1.54, 1.807) is 11.6 Å². The van der Waals surface area contributed by atoms with Gasteiger partial charge in [0.25, 0.3) is 0 Å². The summed E-state index contributed by atoms with van der Waals surface area (Å²) < 4.78 is 0. The molecule has 0 fully saturated rings. The molecule has 1 aromatic heterocycles. The molecule has 104 valence electrons. The average Bonchev–Trinajstić information content (AvgIpc) is 2.94. The zero-order valence-corrected chi connectivity index (χ0v) is 12.2. The highest BCUT2D eigenvalue weighted by atomic mass is 32.1. The lowest BCUT2D eigenvalue weighted by molar-refractivity contribution is 0.104. The fraction of sp³-hybridized carbons (Fsp3) is 0.200. The summed E-state index contributed by atoms with van der Waals surface area (Å²) in [5.74, 6) is -0.157. The number of anilines is 1. The van der Waals surface area contributed by atoms with Gasteiger partial charge in [0.1, 0.15) is 0 Å². The average molecular weight is 288 g/mol. The highest BCUT2D eigenvalue weighted by molar-refractivity contribution is 7.11. The van der Waals surface area contributed by atoms with E-state index in [1.165, 1.54) is 17.4 Å². The molecule has 20 heavy (non-hydrogen) atoms. The molecule has 0 aliphatic rings. The predicted octanol–water partition coefficient (Wildman–Crippen LogP) is 2.78. The molecule has 5 heteroatoms. The van der Waals surface area contributed by atoms with Crippen LogP contribution in [0, 0.1) is 6.92 Å². The van der Waals surface area contributed by atoms with Crippen LogP contribution in [0.3, 0.4) is 0 Å². The van der Waals surface area contributed by atoms with Crippen molar-refractivity contribution in [3.05, 3.63) is 58.2 Å². The summed E-state index contributed by atoms with van der Waals surface area (Å²) in [6.07, 6.45) is 3.22. The van der Waals surface area contributed by atoms with Gasteiger partial charge in [-0.1, -0.05) is 18.2 Å². The van der Waals surface area contributed by atoms with Gasteiger partial charge in [0.15, 0.2) is 5.01 Å². The number of benzene rings is 1. The third-order valence-electron chi connectivity index (χ3n) is 2.87. The van der Waals surface area contributed by atoms with E-state index in [9.17, 15) is 4.79 Å². The quantitative estimate of drug-likeness (QED) is 0.679. The van der Waals surface area contributed by atoms with E-state index < -0.39 is 0 Å². The number of ketones is 1. The van der Waals surface area contributed by atoms with Crippen LogP contribution < -0.4 is 4.90 Å². The van der Waals surface area contributed by atoms with Crippen LogP contribution in [0.15, 0.2) is 41.9 Å². The van der Waals surface area contributed by atoms with Crippen molar-refractivity contribution >= 4 is 22.8 Å². The Bertz CT molecular complexity index is 634. The number of aromatic nitrogens is 1. The minimum atomic E-state index is -0.157. The second kappa shape index (κ2) is 6.45. The summed E-state index contributed by atoms with van der Waals surface area (Å²) in [5, 5.41) is 11.0. The maximum atomic E-state index is 11.9. The zero-order valence-electron chi connectivity index (χ0n) is 11.4. The molecule has 0 unspecified atom stereocenters. The number of allylic oxidation sites excluding steroid dienone is 1. The van der Waals surface area contributed by atoms with Crippen molar-refractivity contribution in [3.8, 4) is 0 Å². The smallest absolute Gasteiger partial charge is 0.215 e. The summed E-state index contributed by atoms with van der Waals surface area (Å²) >= 11 is 1.24. The molecule has 0 saturated heterocycles. The first-order valence-corrected chi connectivity index (χ1v) is 7.06. The SMILES string of the molecule is Cc1ccccc1N(C)C=CC(=O)c1nc(CO)cs1. The Balaban J connectivity index is 2.09. The lowest BCUT2D eigenvalue weighted by Crippen LogP contribution is -2.10. The maximum absolute atomic E-state index is 11.9. The Morgan fingerprint density at radius 2 is 2.20 bits per heavy atom. The molecule has 2 aromatic rings. The fourth-order valence-electron chi connectivity index (χ4n) is 1.78. The van der Waals surface area contributed by atoms with Gasteiger partial charge in [-0.3, -0.25) is 4.79 Å². The lowest BCUT2D eigenvalue weighted by atomic mass is 10.2. The first-order chi connectivity index (χ1) is 9.61. The molecular formula is C15H16N2O2S. The van der Waals surface area contributed by atoms with E-state index in [-0.39, 0.29) is 12.4 Å². The Morgan fingerprint density at radius 1 is 1.45 bits per heavy atom. The topological polar surface area (TPSA) is 53.4 Å². The van der Waals surface area contributed by atoms with Gasteiger partial charge in [-0.2, -0.15) is 0 Å². The van der Waals surface area contributed by atoms with Crippen molar-refractivity contribution < 1.29 is 9.90 Å². The minimum Gasteiger partial charge on any atom is -0.390 e. The summed E-state index contributed by atoms with van der Waals surface area (Å²) in [6.45, 7) is 1.88. The molecule has 0 bridgehead atoms. The van der Waals surface area contributed by atoms with E-state index in [1.807, 2.05) is 43.1 Å². The van der Waals surface area contributed by atoms with Crippen LogP contribution in [0.2, 0.25) is 0 Å². The number of para-hydroxylation sites is 1. The van der Waals surface area contributed by atoms with Gasteiger partial charge in [0.2, 0.25) is 5.78 Å². The van der Waals surface area contributed by atoms with Crippen LogP contribution in [0.5, 0.6) is 0 Å². The molecule has 1 aromatic carbocycles. The van der Waals surface area contributed by atoms with Gasteiger partial charge in [-0.15, -0.1) is 11.3 Å². The van der Waals surface area contributed by atoms with Crippen LogP contribution in [-0.2, 0) is 6.61 Å². The number of aliphatic hydroxyl groups excluding tert-OH is 1. The molecule has 0 aliphatic heterocycles. The summed E-state index contributed by atoms with van der Waals surface area (Å²) in [6, 6.07) is 7.96. The van der Waals surface area contributed by atoms with Gasteiger partial charge in [-0.25, -0.2) is 4.98 Å². The largest absolute Gasteiger partial charge is 0.390 e. The van der Waals surface area contributed by atoms with Crippen molar-refractivity contribution in [1.82, 2.24) is 4.98 Å². The number of carbonyl (C=O) groups excluding carboxylic acids is 1. The molecule has 0 saturated carbocycles. The molecule has 1 heterocycles. The van der Waals surface area contributed by atoms with Crippen molar-refractivity contribution in [2.75, 3.05) is 11.9 Å². The Hall–Kier alpha value is -1.98. The molecular weight excluding hydrogens is 272 g/mol. The van der Waals surface area contributed by atoms with E-state index in [0.717, 1.165) is 11.3 Å². The highest BCUT2D eigenvalue weighted by Gasteiger charge is 2.08. The number of hydrogen-bond acceptors (Lipinski definition) is 5. The summed E-state index contributed by atoms with van der Waals surface area (Å²) in [7, 11) is 1.90. The first kappa shape index (κ1) is 14.4. The zero-order chi connectivity index (χ0) is 14.5. The number of nitrogens with zero attached hydrogens (tertiary/aromatic N) is 2. The van der Waals surface area contributed by atoms with E-state index in [0.29, 0.717) is 10.7 Å². The predicted molar refractivity (Wildman–Crippen MR) is 81.1 cm³/mol. The molecule has 0 aliphatic carbocycles. The second-order valence-electron chi connectivity index (χ2n) is 4.38. The number of rotatable bonds is 5. The van der Waals surface area contributed by atoms with Crippen LogP contribution in [0.4, 0.5) is 5.69 Å². The van der Waals surface area contributed by atoms with Crippen LogP contribution in [-0.4, -0.2) is 22.9 Å². The van der Waals surface area contributed by atoms with E-state index in [4.69, 9.17) is 5.11 Å². The van der Waals surface area contributed by atoms with Crippen molar-refractivity contribution in [2.24, 2.45) is 0 Å². The first-order valence-electron chi connectivity index (χ1n) is 6.18. The molecule has 0 spiro atoms. The molecule has 0 amide bonds. The van der Waals surface area contributed by atoms with Gasteiger partial charge in [0, 0.05) is 30.4 Å². The monoisotopic (exact) mass is 288 g/mol. The Kier molecular flexibility index (Phi) is 4.65. The molecule has 0 radical (unpaired) electrons. The second-order valence-corrected chi connectivity index (χ2v) is 5.24. The minimum absolute atomic E-state index is 0.142. The number of thiazole rings is 1. The summed E-state index contributed by atoms with van der Waals surface area (Å²) in [4.78, 5) is 17.9. The Labute approximate surface area is 122 Å². The van der Waals surface area contributed by atoms with Gasteiger partial charge in [0.05, 0.1) is 12.3 Å². The van der Waals surface area contributed by atoms with Gasteiger partial charge < -0.3 is 10.0 Å². The Morgan fingerprint density at radius 3 is 2.85 bits per heavy atom.